The third-order valence-electron chi connectivity index (χ3n) is 3.71. The molecule has 118 valence electrons. The first-order valence-corrected chi connectivity index (χ1v) is 9.25. The first-order chi connectivity index (χ1) is 10.9. The van der Waals surface area contributed by atoms with Crippen LogP contribution in [-0.4, -0.2) is 55.6 Å². The van der Waals surface area contributed by atoms with Crippen molar-refractivity contribution in [2.45, 2.75) is 6.42 Å². The van der Waals surface area contributed by atoms with E-state index in [4.69, 9.17) is 0 Å². The standard InChI is InChI=1S/C15H21N5S2/c1-16-15(18-5-4-13-17-6-12-21-13)20-9-7-19(8-10-20)14-3-2-11-22-14/h2-3,6,11-12H,4-5,7-10H2,1H3,(H,16,18). The van der Waals surface area contributed by atoms with Crippen LogP contribution in [0.25, 0.3) is 0 Å². The van der Waals surface area contributed by atoms with Crippen LogP contribution in [0.5, 0.6) is 0 Å². The Morgan fingerprint density at radius 3 is 2.77 bits per heavy atom. The fraction of sp³-hybridized carbons (Fsp3) is 0.467. The molecular weight excluding hydrogens is 314 g/mol. The van der Waals surface area contributed by atoms with Crippen molar-refractivity contribution in [2.24, 2.45) is 4.99 Å². The summed E-state index contributed by atoms with van der Waals surface area (Å²) < 4.78 is 0. The molecule has 5 nitrogen and oxygen atoms in total. The molecule has 0 aliphatic carbocycles. The Kier molecular flexibility index (Phi) is 5.29. The van der Waals surface area contributed by atoms with Gasteiger partial charge in [0, 0.05) is 57.8 Å². The van der Waals surface area contributed by atoms with Gasteiger partial charge < -0.3 is 15.1 Å². The molecule has 0 amide bonds. The van der Waals surface area contributed by atoms with E-state index in [0.717, 1.165) is 45.1 Å². The van der Waals surface area contributed by atoms with Crippen molar-refractivity contribution in [3.8, 4) is 0 Å². The summed E-state index contributed by atoms with van der Waals surface area (Å²) in [6, 6.07) is 4.31. The van der Waals surface area contributed by atoms with Gasteiger partial charge in [-0.3, -0.25) is 4.99 Å². The lowest BCUT2D eigenvalue weighted by atomic mass is 10.3. The molecule has 2 aromatic heterocycles. The number of aromatic nitrogens is 1. The number of rotatable bonds is 4. The summed E-state index contributed by atoms with van der Waals surface area (Å²) >= 11 is 3.52. The lowest BCUT2D eigenvalue weighted by Gasteiger charge is -2.37. The Morgan fingerprint density at radius 1 is 1.27 bits per heavy atom. The van der Waals surface area contributed by atoms with Crippen LogP contribution < -0.4 is 10.2 Å². The molecule has 0 bridgehead atoms. The van der Waals surface area contributed by atoms with Crippen molar-refractivity contribution in [3.63, 3.8) is 0 Å². The minimum Gasteiger partial charge on any atom is -0.360 e. The summed E-state index contributed by atoms with van der Waals surface area (Å²) in [6.45, 7) is 5.00. The molecule has 1 saturated heterocycles. The van der Waals surface area contributed by atoms with Crippen LogP contribution in [0.1, 0.15) is 5.01 Å². The van der Waals surface area contributed by atoms with E-state index < -0.39 is 0 Å². The number of aliphatic imine (C=N–C) groups is 1. The molecule has 1 fully saturated rings. The topological polar surface area (TPSA) is 43.8 Å². The van der Waals surface area contributed by atoms with Crippen LogP contribution in [0.2, 0.25) is 0 Å². The second-order valence-corrected chi connectivity index (χ2v) is 6.98. The van der Waals surface area contributed by atoms with Gasteiger partial charge in [-0.1, -0.05) is 0 Å². The molecule has 1 aliphatic rings. The first kappa shape index (κ1) is 15.3. The van der Waals surface area contributed by atoms with Gasteiger partial charge >= 0.3 is 0 Å². The van der Waals surface area contributed by atoms with Gasteiger partial charge in [0.05, 0.1) is 10.0 Å². The Balaban J connectivity index is 1.46. The van der Waals surface area contributed by atoms with E-state index >= 15 is 0 Å². The smallest absolute Gasteiger partial charge is 0.193 e. The Labute approximate surface area is 139 Å². The number of guanidine groups is 1. The van der Waals surface area contributed by atoms with E-state index in [0.29, 0.717) is 0 Å². The largest absolute Gasteiger partial charge is 0.360 e. The summed E-state index contributed by atoms with van der Waals surface area (Å²) in [5, 5.41) is 10.2. The zero-order valence-electron chi connectivity index (χ0n) is 12.7. The van der Waals surface area contributed by atoms with Crippen LogP contribution >= 0.6 is 22.7 Å². The monoisotopic (exact) mass is 335 g/mol. The second kappa shape index (κ2) is 7.60. The summed E-state index contributed by atoms with van der Waals surface area (Å²) in [4.78, 5) is 13.5. The summed E-state index contributed by atoms with van der Waals surface area (Å²) in [5.41, 5.74) is 0. The minimum absolute atomic E-state index is 0.880. The summed E-state index contributed by atoms with van der Waals surface area (Å²) in [6.07, 6.45) is 2.81. The lowest BCUT2D eigenvalue weighted by molar-refractivity contribution is 0.374. The summed E-state index contributed by atoms with van der Waals surface area (Å²) in [7, 11) is 1.86. The Hall–Kier alpha value is -1.60. The van der Waals surface area contributed by atoms with Crippen molar-refractivity contribution >= 4 is 33.6 Å². The normalized spacial score (nSPS) is 16.1. The van der Waals surface area contributed by atoms with Crippen molar-refractivity contribution < 1.29 is 0 Å². The highest BCUT2D eigenvalue weighted by molar-refractivity contribution is 7.14. The van der Waals surface area contributed by atoms with Crippen molar-refractivity contribution in [2.75, 3.05) is 44.7 Å². The number of thiophene rings is 1. The molecule has 0 unspecified atom stereocenters. The SMILES string of the molecule is CN=C(NCCc1nccs1)N1CCN(c2cccs2)CC1. The highest BCUT2D eigenvalue weighted by atomic mass is 32.1. The van der Waals surface area contributed by atoms with Gasteiger partial charge in [0.15, 0.2) is 5.96 Å². The molecule has 1 N–H and O–H groups in total. The van der Waals surface area contributed by atoms with Gasteiger partial charge in [-0.2, -0.15) is 0 Å². The highest BCUT2D eigenvalue weighted by Gasteiger charge is 2.20. The Morgan fingerprint density at radius 2 is 2.14 bits per heavy atom. The molecule has 0 saturated carbocycles. The fourth-order valence-electron chi connectivity index (χ4n) is 2.58. The van der Waals surface area contributed by atoms with E-state index in [1.54, 1.807) is 11.3 Å². The average molecular weight is 336 g/mol. The molecule has 3 heterocycles. The number of hydrogen-bond donors (Lipinski definition) is 1. The molecule has 7 heteroatoms. The maximum absolute atomic E-state index is 4.42. The van der Waals surface area contributed by atoms with Crippen molar-refractivity contribution in [3.05, 3.63) is 34.1 Å². The van der Waals surface area contributed by atoms with E-state index in [1.807, 2.05) is 30.0 Å². The number of nitrogens with zero attached hydrogens (tertiary/aromatic N) is 4. The molecule has 1 aliphatic heterocycles. The van der Waals surface area contributed by atoms with Crippen LogP contribution in [0.4, 0.5) is 5.00 Å². The predicted molar refractivity (Wildman–Crippen MR) is 95.3 cm³/mol. The van der Waals surface area contributed by atoms with Gasteiger partial charge in [-0.25, -0.2) is 4.98 Å². The number of nitrogens with one attached hydrogen (secondary N) is 1. The number of hydrogen-bond acceptors (Lipinski definition) is 5. The highest BCUT2D eigenvalue weighted by Crippen LogP contribution is 2.22. The predicted octanol–water partition coefficient (Wildman–Crippen LogP) is 2.14. The van der Waals surface area contributed by atoms with Gasteiger partial charge in [-0.15, -0.1) is 22.7 Å². The average Bonchev–Trinajstić information content (AvgIpc) is 3.25. The van der Waals surface area contributed by atoms with E-state index in [1.165, 1.54) is 10.0 Å². The molecular formula is C15H21N5S2. The molecule has 3 rings (SSSR count). The van der Waals surface area contributed by atoms with Crippen LogP contribution in [0.15, 0.2) is 34.1 Å². The molecule has 0 spiro atoms. The number of piperazine rings is 1. The fourth-order valence-corrected chi connectivity index (χ4v) is 3.98. The third kappa shape index (κ3) is 3.78. The third-order valence-corrected chi connectivity index (χ3v) is 5.48. The lowest BCUT2D eigenvalue weighted by Crippen LogP contribution is -2.52. The van der Waals surface area contributed by atoms with Gasteiger partial charge in [0.1, 0.15) is 0 Å². The van der Waals surface area contributed by atoms with Crippen LogP contribution in [-0.2, 0) is 6.42 Å². The maximum atomic E-state index is 4.42. The minimum atomic E-state index is 0.880. The molecule has 0 radical (unpaired) electrons. The molecule has 0 aromatic carbocycles. The van der Waals surface area contributed by atoms with Gasteiger partial charge in [-0.05, 0) is 17.5 Å². The quantitative estimate of drug-likeness (QED) is 0.687. The van der Waals surface area contributed by atoms with Crippen molar-refractivity contribution in [1.29, 1.82) is 0 Å². The van der Waals surface area contributed by atoms with Gasteiger partial charge in [0.2, 0.25) is 0 Å². The second-order valence-electron chi connectivity index (χ2n) is 5.08. The van der Waals surface area contributed by atoms with E-state index in [2.05, 4.69) is 42.6 Å². The Bertz CT molecular complexity index is 571. The first-order valence-electron chi connectivity index (χ1n) is 7.49. The maximum Gasteiger partial charge on any atom is 0.193 e. The van der Waals surface area contributed by atoms with Crippen LogP contribution in [0, 0.1) is 0 Å². The van der Waals surface area contributed by atoms with Crippen LogP contribution in [0.3, 0.4) is 0 Å². The molecule has 2 aromatic rings. The zero-order chi connectivity index (χ0) is 15.2. The summed E-state index contributed by atoms with van der Waals surface area (Å²) in [5.74, 6) is 1.00. The van der Waals surface area contributed by atoms with E-state index in [9.17, 15) is 0 Å². The van der Waals surface area contributed by atoms with Gasteiger partial charge in [0.25, 0.3) is 0 Å². The molecule has 22 heavy (non-hydrogen) atoms. The number of anilines is 1. The zero-order valence-corrected chi connectivity index (χ0v) is 14.4. The molecule has 0 atom stereocenters. The van der Waals surface area contributed by atoms with E-state index in [-0.39, 0.29) is 0 Å². The van der Waals surface area contributed by atoms with Crippen molar-refractivity contribution in [1.82, 2.24) is 15.2 Å². The number of thiazole rings is 1.